The number of nitrogens with two attached hydrogens (primary N) is 1. The summed E-state index contributed by atoms with van der Waals surface area (Å²) in [5, 5.41) is 0.277. The van der Waals surface area contributed by atoms with E-state index in [2.05, 4.69) is 0 Å². The molecular formula is C15H26Cl2N2O3S. The maximum absolute atomic E-state index is 12.7. The van der Waals surface area contributed by atoms with Gasteiger partial charge in [0.1, 0.15) is 5.75 Å². The second kappa shape index (κ2) is 9.08. The van der Waals surface area contributed by atoms with Crippen molar-refractivity contribution < 1.29 is 13.2 Å². The van der Waals surface area contributed by atoms with E-state index in [4.69, 9.17) is 22.1 Å². The van der Waals surface area contributed by atoms with Crippen LogP contribution in [-0.2, 0) is 10.0 Å². The van der Waals surface area contributed by atoms with Gasteiger partial charge in [0.15, 0.2) is 0 Å². The van der Waals surface area contributed by atoms with Crippen molar-refractivity contribution in [1.29, 1.82) is 0 Å². The summed E-state index contributed by atoms with van der Waals surface area (Å²) in [5.41, 5.74) is 6.58. The molecule has 0 radical (unpaired) electrons. The fraction of sp³-hybridized carbons (Fsp3) is 0.600. The van der Waals surface area contributed by atoms with Gasteiger partial charge in [0.25, 0.3) is 0 Å². The molecule has 23 heavy (non-hydrogen) atoms. The number of sulfonamides is 1. The molecule has 1 aromatic rings. The number of halogens is 2. The zero-order chi connectivity index (χ0) is 17.1. The first-order chi connectivity index (χ1) is 10.1. The molecule has 0 saturated heterocycles. The molecule has 0 heterocycles. The molecule has 0 aromatic heterocycles. The predicted octanol–water partition coefficient (Wildman–Crippen LogP) is 3.07. The van der Waals surface area contributed by atoms with Gasteiger partial charge in [0.05, 0.1) is 17.0 Å². The van der Waals surface area contributed by atoms with Crippen molar-refractivity contribution in [3.05, 3.63) is 22.7 Å². The molecule has 0 amide bonds. The largest absolute Gasteiger partial charge is 0.495 e. The Hall–Kier alpha value is -0.530. The van der Waals surface area contributed by atoms with Crippen LogP contribution in [0.3, 0.4) is 0 Å². The van der Waals surface area contributed by atoms with Crippen LogP contribution in [0.5, 0.6) is 5.75 Å². The molecule has 8 heteroatoms. The third kappa shape index (κ3) is 5.50. The van der Waals surface area contributed by atoms with E-state index in [1.807, 2.05) is 13.8 Å². The fourth-order valence-corrected chi connectivity index (χ4v) is 3.74. The molecular weight excluding hydrogens is 359 g/mol. The van der Waals surface area contributed by atoms with E-state index < -0.39 is 10.0 Å². The minimum absolute atomic E-state index is 0. The standard InChI is InChI=1S/C15H25ClN2O3S.ClH/c1-10(2)13(17)6-7-18(4)22(19,20)15-9-12(16)14(21-5)8-11(15)3;/h8-10,13H,6-7,17H2,1-5H3;1H. The molecule has 134 valence electrons. The average molecular weight is 385 g/mol. The molecule has 0 bridgehead atoms. The summed E-state index contributed by atoms with van der Waals surface area (Å²) < 4.78 is 31.8. The van der Waals surface area contributed by atoms with E-state index in [-0.39, 0.29) is 28.4 Å². The van der Waals surface area contributed by atoms with Crippen molar-refractivity contribution >= 4 is 34.0 Å². The van der Waals surface area contributed by atoms with Crippen molar-refractivity contribution in [3.63, 3.8) is 0 Å². The van der Waals surface area contributed by atoms with Crippen molar-refractivity contribution in [2.75, 3.05) is 20.7 Å². The number of benzene rings is 1. The Morgan fingerprint density at radius 3 is 2.39 bits per heavy atom. The number of rotatable bonds is 7. The van der Waals surface area contributed by atoms with E-state index in [1.54, 1.807) is 20.0 Å². The van der Waals surface area contributed by atoms with Gasteiger partial charge >= 0.3 is 0 Å². The monoisotopic (exact) mass is 384 g/mol. The molecule has 0 saturated carbocycles. The molecule has 1 aromatic carbocycles. The van der Waals surface area contributed by atoms with Gasteiger partial charge < -0.3 is 10.5 Å². The van der Waals surface area contributed by atoms with Crippen LogP contribution in [0.25, 0.3) is 0 Å². The lowest BCUT2D eigenvalue weighted by Crippen LogP contribution is -2.34. The Morgan fingerprint density at radius 2 is 1.91 bits per heavy atom. The molecule has 0 fully saturated rings. The summed E-state index contributed by atoms with van der Waals surface area (Å²) in [4.78, 5) is 0.193. The Kier molecular flexibility index (Phi) is 8.87. The summed E-state index contributed by atoms with van der Waals surface area (Å²) in [5.74, 6) is 0.774. The van der Waals surface area contributed by atoms with Crippen LogP contribution >= 0.6 is 24.0 Å². The van der Waals surface area contributed by atoms with E-state index in [0.29, 0.717) is 30.2 Å². The molecule has 1 unspecified atom stereocenters. The maximum atomic E-state index is 12.7. The summed E-state index contributed by atoms with van der Waals surface area (Å²) in [7, 11) is -0.551. The van der Waals surface area contributed by atoms with Crippen molar-refractivity contribution in [2.45, 2.75) is 38.1 Å². The highest BCUT2D eigenvalue weighted by Crippen LogP contribution is 2.31. The van der Waals surface area contributed by atoms with E-state index in [9.17, 15) is 8.42 Å². The lowest BCUT2D eigenvalue weighted by Gasteiger charge is -2.22. The highest BCUT2D eigenvalue weighted by Gasteiger charge is 2.25. The Morgan fingerprint density at radius 1 is 1.35 bits per heavy atom. The van der Waals surface area contributed by atoms with Crippen molar-refractivity contribution in [3.8, 4) is 5.75 Å². The molecule has 1 rings (SSSR count). The van der Waals surface area contributed by atoms with E-state index >= 15 is 0 Å². The van der Waals surface area contributed by atoms with Crippen LogP contribution in [0, 0.1) is 12.8 Å². The number of ether oxygens (including phenoxy) is 1. The zero-order valence-corrected chi connectivity index (χ0v) is 16.6. The van der Waals surface area contributed by atoms with Gasteiger partial charge in [0, 0.05) is 19.6 Å². The van der Waals surface area contributed by atoms with Crippen molar-refractivity contribution in [2.24, 2.45) is 11.7 Å². The molecule has 0 aliphatic heterocycles. The number of nitrogens with zero attached hydrogens (tertiary/aromatic N) is 1. The zero-order valence-electron chi connectivity index (χ0n) is 14.2. The van der Waals surface area contributed by atoms with Gasteiger partial charge in [-0.15, -0.1) is 12.4 Å². The normalized spacial score (nSPS) is 13.1. The lowest BCUT2D eigenvalue weighted by atomic mass is 10.0. The van der Waals surface area contributed by atoms with E-state index in [0.717, 1.165) is 0 Å². The molecule has 0 aliphatic carbocycles. The van der Waals surface area contributed by atoms with Crippen LogP contribution in [0.2, 0.25) is 5.02 Å². The number of aryl methyl sites for hydroxylation is 1. The molecule has 2 N–H and O–H groups in total. The summed E-state index contributed by atoms with van der Waals surface area (Å²) in [6.45, 7) is 6.13. The van der Waals surface area contributed by atoms with Gasteiger partial charge in [-0.3, -0.25) is 0 Å². The summed E-state index contributed by atoms with van der Waals surface area (Å²) in [6.07, 6.45) is 0.607. The molecule has 1 atom stereocenters. The highest BCUT2D eigenvalue weighted by atomic mass is 35.5. The fourth-order valence-electron chi connectivity index (χ4n) is 2.02. The third-order valence-corrected chi connectivity index (χ3v) is 6.07. The Bertz CT molecular complexity index is 621. The average Bonchev–Trinajstić information content (AvgIpc) is 2.45. The third-order valence-electron chi connectivity index (χ3n) is 3.77. The van der Waals surface area contributed by atoms with Gasteiger partial charge in [0.2, 0.25) is 10.0 Å². The molecule has 0 aliphatic rings. The minimum Gasteiger partial charge on any atom is -0.495 e. The van der Waals surface area contributed by atoms with Crippen LogP contribution in [0.15, 0.2) is 17.0 Å². The first kappa shape index (κ1) is 22.5. The van der Waals surface area contributed by atoms with Crippen LogP contribution in [0.4, 0.5) is 0 Å². The maximum Gasteiger partial charge on any atom is 0.243 e. The smallest absolute Gasteiger partial charge is 0.243 e. The first-order valence-electron chi connectivity index (χ1n) is 7.17. The minimum atomic E-state index is -3.60. The van der Waals surface area contributed by atoms with Gasteiger partial charge in [-0.05, 0) is 37.0 Å². The Balaban J connectivity index is 0.00000484. The van der Waals surface area contributed by atoms with Gasteiger partial charge in [-0.25, -0.2) is 12.7 Å². The first-order valence-corrected chi connectivity index (χ1v) is 8.99. The molecule has 0 spiro atoms. The summed E-state index contributed by atoms with van der Waals surface area (Å²) in [6, 6.07) is 3.03. The quantitative estimate of drug-likeness (QED) is 0.783. The van der Waals surface area contributed by atoms with Gasteiger partial charge in [-0.2, -0.15) is 0 Å². The van der Waals surface area contributed by atoms with Crippen LogP contribution < -0.4 is 10.5 Å². The number of methoxy groups -OCH3 is 1. The number of hydrogen-bond donors (Lipinski definition) is 1. The van der Waals surface area contributed by atoms with Crippen LogP contribution in [0.1, 0.15) is 25.8 Å². The molecule has 5 nitrogen and oxygen atoms in total. The topological polar surface area (TPSA) is 72.6 Å². The highest BCUT2D eigenvalue weighted by molar-refractivity contribution is 7.89. The summed E-state index contributed by atoms with van der Waals surface area (Å²) >= 11 is 6.05. The lowest BCUT2D eigenvalue weighted by molar-refractivity contribution is 0.397. The Labute approximate surface area is 150 Å². The van der Waals surface area contributed by atoms with E-state index in [1.165, 1.54) is 17.5 Å². The van der Waals surface area contributed by atoms with Crippen LogP contribution in [-0.4, -0.2) is 39.5 Å². The SMILES string of the molecule is COc1cc(C)c(S(=O)(=O)N(C)CCC(N)C(C)C)cc1Cl.Cl. The van der Waals surface area contributed by atoms with Gasteiger partial charge in [-0.1, -0.05) is 25.4 Å². The second-order valence-electron chi connectivity index (χ2n) is 5.78. The predicted molar refractivity (Wildman–Crippen MR) is 97.2 cm³/mol. The number of hydrogen-bond acceptors (Lipinski definition) is 4. The van der Waals surface area contributed by atoms with Crippen molar-refractivity contribution in [1.82, 2.24) is 4.31 Å². The second-order valence-corrected chi connectivity index (χ2v) is 8.20.